The molecule has 1 unspecified atom stereocenters. The number of para-hydroxylation sites is 2. The van der Waals surface area contributed by atoms with Gasteiger partial charge in [-0.25, -0.2) is 0 Å². The Morgan fingerprint density at radius 2 is 1.82 bits per heavy atom. The molecule has 0 aromatic heterocycles. The van der Waals surface area contributed by atoms with Crippen LogP contribution in [-0.4, -0.2) is 25.2 Å². The van der Waals surface area contributed by atoms with Gasteiger partial charge in [-0.2, -0.15) is 0 Å². The third-order valence-electron chi connectivity index (χ3n) is 3.54. The zero-order valence-electron chi connectivity index (χ0n) is 12.8. The second-order valence-electron chi connectivity index (χ2n) is 5.58. The SMILES string of the molecule is Cc1cc(C)cc(C(=O)NCC2COc3ccccc3O2)c1. The first-order valence-electron chi connectivity index (χ1n) is 7.37. The highest BCUT2D eigenvalue weighted by molar-refractivity contribution is 5.94. The number of fused-ring (bicyclic) bond motifs is 1. The Labute approximate surface area is 130 Å². The van der Waals surface area contributed by atoms with Crippen molar-refractivity contribution < 1.29 is 14.3 Å². The molecule has 0 aliphatic carbocycles. The molecule has 1 aliphatic heterocycles. The number of hydrogen-bond donors (Lipinski definition) is 1. The van der Waals surface area contributed by atoms with Gasteiger partial charge in [0.2, 0.25) is 0 Å². The van der Waals surface area contributed by atoms with E-state index in [-0.39, 0.29) is 12.0 Å². The van der Waals surface area contributed by atoms with E-state index < -0.39 is 0 Å². The average Bonchev–Trinajstić information content (AvgIpc) is 2.51. The molecule has 1 atom stereocenters. The summed E-state index contributed by atoms with van der Waals surface area (Å²) in [6.07, 6.45) is -0.176. The number of nitrogens with one attached hydrogen (secondary N) is 1. The van der Waals surface area contributed by atoms with E-state index in [9.17, 15) is 4.79 Å². The lowest BCUT2D eigenvalue weighted by atomic mass is 10.1. The van der Waals surface area contributed by atoms with Gasteiger partial charge in [-0.15, -0.1) is 0 Å². The second-order valence-corrected chi connectivity index (χ2v) is 5.58. The minimum Gasteiger partial charge on any atom is -0.486 e. The van der Waals surface area contributed by atoms with Crippen LogP contribution in [-0.2, 0) is 0 Å². The topological polar surface area (TPSA) is 47.6 Å². The zero-order chi connectivity index (χ0) is 15.5. The minimum atomic E-state index is -0.176. The van der Waals surface area contributed by atoms with Crippen LogP contribution in [0.25, 0.3) is 0 Å². The Hall–Kier alpha value is -2.49. The maximum atomic E-state index is 12.2. The van der Waals surface area contributed by atoms with Gasteiger partial charge in [0.15, 0.2) is 11.5 Å². The highest BCUT2D eigenvalue weighted by Gasteiger charge is 2.21. The molecule has 0 saturated carbocycles. The first-order chi connectivity index (χ1) is 10.6. The molecule has 0 fully saturated rings. The molecule has 1 aliphatic rings. The molecule has 2 aromatic carbocycles. The third-order valence-corrected chi connectivity index (χ3v) is 3.54. The van der Waals surface area contributed by atoms with Crippen molar-refractivity contribution in [1.82, 2.24) is 5.32 Å². The van der Waals surface area contributed by atoms with Crippen LogP contribution in [0.2, 0.25) is 0 Å². The van der Waals surface area contributed by atoms with Crippen LogP contribution in [0.5, 0.6) is 11.5 Å². The summed E-state index contributed by atoms with van der Waals surface area (Å²) in [7, 11) is 0. The molecular weight excluding hydrogens is 278 g/mol. The molecule has 0 radical (unpaired) electrons. The van der Waals surface area contributed by atoms with Gasteiger partial charge in [-0.1, -0.05) is 29.3 Å². The summed E-state index contributed by atoms with van der Waals surface area (Å²) in [6, 6.07) is 13.4. The van der Waals surface area contributed by atoms with Gasteiger partial charge in [-0.05, 0) is 38.1 Å². The van der Waals surface area contributed by atoms with Crippen LogP contribution in [0, 0.1) is 13.8 Å². The van der Waals surface area contributed by atoms with Crippen molar-refractivity contribution in [3.63, 3.8) is 0 Å². The maximum absolute atomic E-state index is 12.2. The number of amides is 1. The van der Waals surface area contributed by atoms with Crippen LogP contribution in [0.3, 0.4) is 0 Å². The predicted octanol–water partition coefficient (Wildman–Crippen LogP) is 2.87. The Kier molecular flexibility index (Phi) is 4.00. The maximum Gasteiger partial charge on any atom is 0.251 e. The van der Waals surface area contributed by atoms with Crippen molar-refractivity contribution in [3.05, 3.63) is 59.2 Å². The lowest BCUT2D eigenvalue weighted by molar-refractivity contribution is 0.0789. The van der Waals surface area contributed by atoms with Crippen molar-refractivity contribution in [1.29, 1.82) is 0 Å². The quantitative estimate of drug-likeness (QED) is 0.947. The molecule has 1 amide bonds. The molecule has 4 heteroatoms. The molecule has 114 valence electrons. The largest absolute Gasteiger partial charge is 0.486 e. The number of carbonyl (C=O) groups is 1. The number of aryl methyl sites for hydroxylation is 2. The Balaban J connectivity index is 1.60. The predicted molar refractivity (Wildman–Crippen MR) is 84.6 cm³/mol. The van der Waals surface area contributed by atoms with Crippen molar-refractivity contribution in [2.75, 3.05) is 13.2 Å². The Bertz CT molecular complexity index is 676. The number of ether oxygens (including phenoxy) is 2. The highest BCUT2D eigenvalue weighted by atomic mass is 16.6. The summed E-state index contributed by atoms with van der Waals surface area (Å²) in [5.41, 5.74) is 2.84. The van der Waals surface area contributed by atoms with Crippen LogP contribution < -0.4 is 14.8 Å². The lowest BCUT2D eigenvalue weighted by Crippen LogP contribution is -2.40. The van der Waals surface area contributed by atoms with Crippen LogP contribution in [0.15, 0.2) is 42.5 Å². The molecule has 1 N–H and O–H groups in total. The zero-order valence-corrected chi connectivity index (χ0v) is 12.8. The number of rotatable bonds is 3. The van der Waals surface area contributed by atoms with E-state index in [1.807, 2.05) is 56.3 Å². The fourth-order valence-electron chi connectivity index (χ4n) is 2.58. The van der Waals surface area contributed by atoms with Crippen LogP contribution >= 0.6 is 0 Å². The Morgan fingerprint density at radius 3 is 2.55 bits per heavy atom. The summed E-state index contributed by atoms with van der Waals surface area (Å²) in [5.74, 6) is 1.38. The summed E-state index contributed by atoms with van der Waals surface area (Å²) in [6.45, 7) is 4.82. The van der Waals surface area contributed by atoms with Gasteiger partial charge < -0.3 is 14.8 Å². The fraction of sp³-hybridized carbons (Fsp3) is 0.278. The summed E-state index contributed by atoms with van der Waals surface area (Å²) in [4.78, 5) is 12.2. The number of carbonyl (C=O) groups excluding carboxylic acids is 1. The fourth-order valence-corrected chi connectivity index (χ4v) is 2.58. The monoisotopic (exact) mass is 297 g/mol. The van der Waals surface area contributed by atoms with E-state index in [0.29, 0.717) is 18.7 Å². The standard InChI is InChI=1S/C18H19NO3/c1-12-7-13(2)9-14(8-12)18(20)19-10-15-11-21-16-5-3-4-6-17(16)22-15/h3-9,15H,10-11H2,1-2H3,(H,19,20). The molecule has 2 aromatic rings. The summed E-state index contributed by atoms with van der Waals surface area (Å²) in [5, 5.41) is 2.91. The smallest absolute Gasteiger partial charge is 0.251 e. The van der Waals surface area contributed by atoms with Gasteiger partial charge in [0.05, 0.1) is 6.54 Å². The van der Waals surface area contributed by atoms with E-state index in [1.54, 1.807) is 0 Å². The molecule has 4 nitrogen and oxygen atoms in total. The molecule has 0 saturated heterocycles. The minimum absolute atomic E-state index is 0.0886. The van der Waals surface area contributed by atoms with Crippen LogP contribution in [0.1, 0.15) is 21.5 Å². The lowest BCUT2D eigenvalue weighted by Gasteiger charge is -2.26. The Morgan fingerprint density at radius 1 is 1.14 bits per heavy atom. The van der Waals surface area contributed by atoms with Crippen molar-refractivity contribution >= 4 is 5.91 Å². The molecule has 3 rings (SSSR count). The van der Waals surface area contributed by atoms with Gasteiger partial charge in [0.25, 0.3) is 5.91 Å². The molecule has 1 heterocycles. The van der Waals surface area contributed by atoms with Crippen LogP contribution in [0.4, 0.5) is 0 Å². The average molecular weight is 297 g/mol. The van der Waals surface area contributed by atoms with Gasteiger partial charge in [0, 0.05) is 5.56 Å². The second kappa shape index (κ2) is 6.10. The third kappa shape index (κ3) is 3.22. The van der Waals surface area contributed by atoms with Gasteiger partial charge in [-0.3, -0.25) is 4.79 Å². The highest BCUT2D eigenvalue weighted by Crippen LogP contribution is 2.30. The van der Waals surface area contributed by atoms with E-state index >= 15 is 0 Å². The van der Waals surface area contributed by atoms with Crippen molar-refractivity contribution in [2.45, 2.75) is 20.0 Å². The first kappa shape index (κ1) is 14.4. The molecule has 22 heavy (non-hydrogen) atoms. The van der Waals surface area contributed by atoms with E-state index in [0.717, 1.165) is 22.6 Å². The molecule has 0 bridgehead atoms. The summed E-state index contributed by atoms with van der Waals surface area (Å²) >= 11 is 0. The van der Waals surface area contributed by atoms with E-state index in [1.165, 1.54) is 0 Å². The van der Waals surface area contributed by atoms with E-state index in [2.05, 4.69) is 5.32 Å². The van der Waals surface area contributed by atoms with Gasteiger partial charge in [0.1, 0.15) is 12.7 Å². The van der Waals surface area contributed by atoms with Crippen molar-refractivity contribution in [3.8, 4) is 11.5 Å². The number of benzene rings is 2. The summed E-state index contributed by atoms with van der Waals surface area (Å²) < 4.78 is 11.5. The van der Waals surface area contributed by atoms with Crippen molar-refractivity contribution in [2.24, 2.45) is 0 Å². The number of hydrogen-bond acceptors (Lipinski definition) is 3. The first-order valence-corrected chi connectivity index (χ1v) is 7.37. The van der Waals surface area contributed by atoms with E-state index in [4.69, 9.17) is 9.47 Å². The molecular formula is C18H19NO3. The normalized spacial score (nSPS) is 16.2. The molecule has 0 spiro atoms. The van der Waals surface area contributed by atoms with Gasteiger partial charge >= 0.3 is 0 Å².